The number of hydrogen-bond acceptors (Lipinski definition) is 4. The van der Waals surface area contributed by atoms with Crippen LogP contribution in [0.4, 0.5) is 5.69 Å². The van der Waals surface area contributed by atoms with Gasteiger partial charge in [0.25, 0.3) is 0 Å². The summed E-state index contributed by atoms with van der Waals surface area (Å²) < 4.78 is 6.82. The lowest BCUT2D eigenvalue weighted by Gasteiger charge is -2.16. The Hall–Kier alpha value is -1.04. The average molecular weight is 341 g/mol. The number of halogens is 1. The number of nitrogens with two attached hydrogens (primary N) is 1. The fourth-order valence-corrected chi connectivity index (χ4v) is 3.20. The van der Waals surface area contributed by atoms with Gasteiger partial charge in [-0.15, -0.1) is 11.3 Å². The molecular weight excluding hydrogens is 324 g/mol. The summed E-state index contributed by atoms with van der Waals surface area (Å²) in [5.41, 5.74) is 6.38. The van der Waals surface area contributed by atoms with E-state index in [-0.39, 0.29) is 0 Å². The van der Waals surface area contributed by atoms with Crippen LogP contribution >= 0.6 is 27.3 Å². The van der Waals surface area contributed by atoms with Crippen molar-refractivity contribution in [3.05, 3.63) is 45.1 Å². The quantitative estimate of drug-likeness (QED) is 0.816. The molecule has 19 heavy (non-hydrogen) atoms. The number of hydrogen-bond donors (Lipinski definition) is 1. The summed E-state index contributed by atoms with van der Waals surface area (Å²) in [6.45, 7) is 2.51. The SMILES string of the molecule is CN(CCOc1ccc(N)cc1)Cc1cc(Br)cs1. The van der Waals surface area contributed by atoms with Crippen LogP contribution in [0.25, 0.3) is 0 Å². The van der Waals surface area contributed by atoms with Gasteiger partial charge < -0.3 is 10.5 Å². The highest BCUT2D eigenvalue weighted by atomic mass is 79.9. The van der Waals surface area contributed by atoms with E-state index in [9.17, 15) is 0 Å². The van der Waals surface area contributed by atoms with Crippen LogP contribution in [0.2, 0.25) is 0 Å². The fourth-order valence-electron chi connectivity index (χ4n) is 1.67. The van der Waals surface area contributed by atoms with Crippen LogP contribution in [0.5, 0.6) is 5.75 Å². The molecule has 2 N–H and O–H groups in total. The minimum Gasteiger partial charge on any atom is -0.492 e. The third kappa shape index (κ3) is 4.86. The summed E-state index contributed by atoms with van der Waals surface area (Å²) in [4.78, 5) is 3.59. The van der Waals surface area contributed by atoms with Crippen molar-refractivity contribution in [2.24, 2.45) is 0 Å². The molecule has 3 nitrogen and oxygen atoms in total. The summed E-state index contributed by atoms with van der Waals surface area (Å²) in [6.07, 6.45) is 0. The fraction of sp³-hybridized carbons (Fsp3) is 0.286. The number of benzene rings is 1. The molecule has 0 aliphatic carbocycles. The van der Waals surface area contributed by atoms with Crippen molar-refractivity contribution in [2.75, 3.05) is 25.9 Å². The van der Waals surface area contributed by atoms with Crippen molar-refractivity contribution < 1.29 is 4.74 Å². The number of anilines is 1. The molecule has 1 heterocycles. The Morgan fingerprint density at radius 3 is 2.68 bits per heavy atom. The first kappa shape index (κ1) is 14.4. The summed E-state index contributed by atoms with van der Waals surface area (Å²) in [7, 11) is 2.10. The Morgan fingerprint density at radius 2 is 2.05 bits per heavy atom. The van der Waals surface area contributed by atoms with E-state index in [0.717, 1.165) is 29.0 Å². The maximum Gasteiger partial charge on any atom is 0.119 e. The summed E-state index contributed by atoms with van der Waals surface area (Å²) in [5.74, 6) is 0.862. The van der Waals surface area contributed by atoms with Gasteiger partial charge in [0, 0.05) is 33.5 Å². The van der Waals surface area contributed by atoms with E-state index >= 15 is 0 Å². The molecule has 0 aliphatic heterocycles. The highest BCUT2D eigenvalue weighted by Gasteiger charge is 2.03. The van der Waals surface area contributed by atoms with Crippen molar-refractivity contribution >= 4 is 33.0 Å². The maximum absolute atomic E-state index is 5.67. The van der Waals surface area contributed by atoms with Crippen molar-refractivity contribution in [3.8, 4) is 5.75 Å². The molecule has 0 bridgehead atoms. The van der Waals surface area contributed by atoms with Gasteiger partial charge in [-0.2, -0.15) is 0 Å². The van der Waals surface area contributed by atoms with Gasteiger partial charge in [0.2, 0.25) is 0 Å². The first-order chi connectivity index (χ1) is 9.13. The molecular formula is C14H17BrN2OS. The molecule has 0 atom stereocenters. The Bertz CT molecular complexity index is 512. The first-order valence-corrected chi connectivity index (χ1v) is 7.70. The number of nitrogens with zero attached hydrogens (tertiary/aromatic N) is 1. The second-order valence-electron chi connectivity index (χ2n) is 4.39. The Labute approximate surface area is 126 Å². The normalized spacial score (nSPS) is 10.9. The second-order valence-corrected chi connectivity index (χ2v) is 6.30. The van der Waals surface area contributed by atoms with Gasteiger partial charge >= 0.3 is 0 Å². The summed E-state index contributed by atoms with van der Waals surface area (Å²) >= 11 is 5.23. The van der Waals surface area contributed by atoms with E-state index in [2.05, 4.69) is 39.3 Å². The lowest BCUT2D eigenvalue weighted by molar-refractivity contribution is 0.234. The molecule has 5 heteroatoms. The van der Waals surface area contributed by atoms with E-state index in [0.29, 0.717) is 6.61 Å². The van der Waals surface area contributed by atoms with Crippen LogP contribution in [-0.2, 0) is 6.54 Å². The average Bonchev–Trinajstić information content (AvgIpc) is 2.77. The molecule has 0 saturated heterocycles. The smallest absolute Gasteiger partial charge is 0.119 e. The zero-order valence-electron chi connectivity index (χ0n) is 10.8. The number of nitrogen functional groups attached to an aromatic ring is 1. The Kier molecular flexibility index (Phi) is 5.24. The summed E-state index contributed by atoms with van der Waals surface area (Å²) in [6, 6.07) is 9.64. The summed E-state index contributed by atoms with van der Waals surface area (Å²) in [5, 5.41) is 2.11. The second kappa shape index (κ2) is 6.93. The van der Waals surface area contributed by atoms with Crippen molar-refractivity contribution in [3.63, 3.8) is 0 Å². The molecule has 2 rings (SSSR count). The lowest BCUT2D eigenvalue weighted by atomic mass is 10.3. The maximum atomic E-state index is 5.67. The van der Waals surface area contributed by atoms with Crippen LogP contribution < -0.4 is 10.5 Å². The number of thiophene rings is 1. The molecule has 102 valence electrons. The molecule has 0 radical (unpaired) electrons. The minimum absolute atomic E-state index is 0.674. The van der Waals surface area contributed by atoms with E-state index in [4.69, 9.17) is 10.5 Å². The van der Waals surface area contributed by atoms with Gasteiger partial charge in [-0.1, -0.05) is 0 Å². The van der Waals surface area contributed by atoms with Gasteiger partial charge in [-0.05, 0) is 53.3 Å². The van der Waals surface area contributed by atoms with E-state index in [1.807, 2.05) is 24.3 Å². The molecule has 0 unspecified atom stereocenters. The number of likely N-dealkylation sites (N-methyl/N-ethyl adjacent to an activating group) is 1. The molecule has 0 amide bonds. The zero-order chi connectivity index (χ0) is 13.7. The van der Waals surface area contributed by atoms with Crippen LogP contribution in [0.15, 0.2) is 40.2 Å². The van der Waals surface area contributed by atoms with E-state index < -0.39 is 0 Å². The third-order valence-electron chi connectivity index (χ3n) is 2.67. The van der Waals surface area contributed by atoms with Crippen LogP contribution in [0, 0.1) is 0 Å². The first-order valence-electron chi connectivity index (χ1n) is 6.03. The van der Waals surface area contributed by atoms with Crippen molar-refractivity contribution in [2.45, 2.75) is 6.54 Å². The molecule has 0 fully saturated rings. The van der Waals surface area contributed by atoms with Gasteiger partial charge in [-0.3, -0.25) is 4.90 Å². The van der Waals surface area contributed by atoms with Gasteiger partial charge in [-0.25, -0.2) is 0 Å². The molecule has 1 aromatic heterocycles. The van der Waals surface area contributed by atoms with Crippen LogP contribution in [0.1, 0.15) is 4.88 Å². The monoisotopic (exact) mass is 340 g/mol. The largest absolute Gasteiger partial charge is 0.492 e. The molecule has 1 aromatic carbocycles. The molecule has 0 spiro atoms. The Balaban J connectivity index is 1.71. The zero-order valence-corrected chi connectivity index (χ0v) is 13.2. The van der Waals surface area contributed by atoms with Crippen LogP contribution in [0.3, 0.4) is 0 Å². The van der Waals surface area contributed by atoms with E-state index in [1.54, 1.807) is 11.3 Å². The van der Waals surface area contributed by atoms with Crippen molar-refractivity contribution in [1.82, 2.24) is 4.90 Å². The van der Waals surface area contributed by atoms with Gasteiger partial charge in [0.1, 0.15) is 12.4 Å². The Morgan fingerprint density at radius 1 is 1.32 bits per heavy atom. The highest BCUT2D eigenvalue weighted by Crippen LogP contribution is 2.20. The van der Waals surface area contributed by atoms with E-state index in [1.165, 1.54) is 4.88 Å². The molecule has 2 aromatic rings. The highest BCUT2D eigenvalue weighted by molar-refractivity contribution is 9.10. The lowest BCUT2D eigenvalue weighted by Crippen LogP contribution is -2.23. The third-order valence-corrected chi connectivity index (χ3v) is 4.35. The van der Waals surface area contributed by atoms with Crippen LogP contribution in [-0.4, -0.2) is 25.1 Å². The van der Waals surface area contributed by atoms with Gasteiger partial charge in [0.15, 0.2) is 0 Å². The van der Waals surface area contributed by atoms with Gasteiger partial charge in [0.05, 0.1) is 0 Å². The standard InChI is InChI=1S/C14H17BrN2OS/c1-17(9-14-8-11(15)10-19-14)6-7-18-13-4-2-12(16)3-5-13/h2-5,8,10H,6-7,9,16H2,1H3. The molecule has 0 aliphatic rings. The predicted octanol–water partition coefficient (Wildman–Crippen LogP) is 3.60. The number of ether oxygens (including phenoxy) is 1. The number of rotatable bonds is 6. The predicted molar refractivity (Wildman–Crippen MR) is 84.7 cm³/mol. The minimum atomic E-state index is 0.674. The topological polar surface area (TPSA) is 38.5 Å². The molecule has 0 saturated carbocycles. The van der Waals surface area contributed by atoms with Crippen molar-refractivity contribution in [1.29, 1.82) is 0 Å².